The number of aryl methyl sites for hydroxylation is 2. The summed E-state index contributed by atoms with van der Waals surface area (Å²) in [5.41, 5.74) is 10.4. The second-order valence-electron chi connectivity index (χ2n) is 7.84. The summed E-state index contributed by atoms with van der Waals surface area (Å²) in [6.45, 7) is 1.55. The van der Waals surface area contributed by atoms with E-state index in [1.54, 1.807) is 0 Å². The van der Waals surface area contributed by atoms with E-state index in [1.165, 1.54) is 10.9 Å². The molecular weight excluding hydrogens is 416 g/mol. The number of amides is 1. The lowest BCUT2D eigenvalue weighted by atomic mass is 9.93. The monoisotopic (exact) mass is 439 g/mol. The summed E-state index contributed by atoms with van der Waals surface area (Å²) in [5.74, 6) is 0.0321. The summed E-state index contributed by atoms with van der Waals surface area (Å²) in [6, 6.07) is 11.9. The van der Waals surface area contributed by atoms with Gasteiger partial charge in [0.25, 0.3) is 6.08 Å². The van der Waals surface area contributed by atoms with Crippen LogP contribution in [0.15, 0.2) is 59.2 Å². The third-order valence-electron chi connectivity index (χ3n) is 5.57. The molecule has 0 radical (unpaired) electrons. The molecule has 166 valence electrons. The van der Waals surface area contributed by atoms with Gasteiger partial charge in [-0.25, -0.2) is 9.48 Å². The lowest BCUT2D eigenvalue weighted by molar-refractivity contribution is -0.116. The largest absolute Gasteiger partial charge is 0.346 e. The minimum atomic E-state index is -1.89. The number of rotatable bonds is 6. The Morgan fingerprint density at radius 2 is 1.97 bits per heavy atom. The van der Waals surface area contributed by atoms with E-state index in [0.29, 0.717) is 12.8 Å². The number of fused-ring (bicyclic) bond motifs is 1. The summed E-state index contributed by atoms with van der Waals surface area (Å²) >= 11 is 0. The number of nitrogens with one attached hydrogen (secondary N) is 1. The van der Waals surface area contributed by atoms with Crippen LogP contribution in [0.3, 0.4) is 0 Å². The van der Waals surface area contributed by atoms with Crippen LogP contribution in [0, 0.1) is 6.92 Å². The van der Waals surface area contributed by atoms with Crippen molar-refractivity contribution in [2.45, 2.75) is 32.9 Å². The van der Waals surface area contributed by atoms with Gasteiger partial charge in [-0.05, 0) is 59.4 Å². The number of anilines is 1. The van der Waals surface area contributed by atoms with E-state index < -0.39 is 11.8 Å². The lowest BCUT2D eigenvalue weighted by Crippen LogP contribution is -2.27. The fourth-order valence-electron chi connectivity index (χ4n) is 3.87. The van der Waals surface area contributed by atoms with Crippen molar-refractivity contribution in [1.82, 2.24) is 14.3 Å². The Balaban J connectivity index is 1.59. The lowest BCUT2D eigenvalue weighted by Gasteiger charge is -2.20. The number of hydrogen-bond donors (Lipinski definition) is 2. The average Bonchev–Trinajstić information content (AvgIpc) is 3.11. The Kier molecular flexibility index (Phi) is 6.00. The van der Waals surface area contributed by atoms with Crippen LogP contribution in [0.5, 0.6) is 0 Å². The van der Waals surface area contributed by atoms with Crippen molar-refractivity contribution < 1.29 is 13.6 Å². The van der Waals surface area contributed by atoms with Crippen LogP contribution in [0.25, 0.3) is 11.1 Å². The first-order valence-corrected chi connectivity index (χ1v) is 10.2. The van der Waals surface area contributed by atoms with E-state index in [9.17, 15) is 18.4 Å². The van der Waals surface area contributed by atoms with Gasteiger partial charge in [-0.15, -0.1) is 0 Å². The first-order chi connectivity index (χ1) is 15.4. The number of hydrogen-bond acceptors (Lipinski definition) is 4. The fraction of sp³-hybridized carbons (Fsp3) is 0.261. The average molecular weight is 439 g/mol. The number of nitrogens with zero attached hydrogens (tertiary/aromatic N) is 3. The molecule has 0 unspecified atom stereocenters. The quantitative estimate of drug-likeness (QED) is 0.617. The third kappa shape index (κ3) is 4.38. The van der Waals surface area contributed by atoms with Crippen molar-refractivity contribution in [3.63, 3.8) is 0 Å². The molecular formula is C23H23F2N5O2. The second-order valence-corrected chi connectivity index (χ2v) is 7.84. The van der Waals surface area contributed by atoms with Crippen LogP contribution in [0.2, 0.25) is 0 Å². The molecule has 2 heterocycles. The van der Waals surface area contributed by atoms with Crippen molar-refractivity contribution in [3.8, 4) is 11.1 Å². The van der Waals surface area contributed by atoms with Crippen molar-refractivity contribution in [2.75, 3.05) is 11.9 Å². The van der Waals surface area contributed by atoms with Gasteiger partial charge in [0.15, 0.2) is 0 Å². The molecule has 0 aliphatic carbocycles. The van der Waals surface area contributed by atoms with E-state index >= 15 is 0 Å². The maximum absolute atomic E-state index is 12.9. The van der Waals surface area contributed by atoms with Gasteiger partial charge in [0.2, 0.25) is 5.91 Å². The predicted octanol–water partition coefficient (Wildman–Crippen LogP) is 3.06. The summed E-state index contributed by atoms with van der Waals surface area (Å²) in [7, 11) is 0. The zero-order valence-corrected chi connectivity index (χ0v) is 17.6. The number of aromatic nitrogens is 3. The topological polar surface area (TPSA) is 94.9 Å². The maximum Gasteiger partial charge on any atom is 0.346 e. The van der Waals surface area contributed by atoms with E-state index in [-0.39, 0.29) is 31.1 Å². The van der Waals surface area contributed by atoms with Gasteiger partial charge in [0, 0.05) is 24.2 Å². The molecule has 7 nitrogen and oxygen atoms in total. The van der Waals surface area contributed by atoms with Gasteiger partial charge in [-0.2, -0.15) is 13.9 Å². The standard InChI is InChI=1S/C23H23F2N5O2/c1-14-7-18(9-17-5-6-20(31)28-21(14)17)16-4-2-3-15(8-16)11-29-13-27-30(23(29)32)12-19(10-26)22(24)25/h2-4,7-9,13H,5-6,10-12,26H2,1H3,(H,28,31). The van der Waals surface area contributed by atoms with Gasteiger partial charge in [0.1, 0.15) is 6.33 Å². The highest BCUT2D eigenvalue weighted by molar-refractivity contribution is 5.95. The molecule has 1 aliphatic heterocycles. The molecule has 0 bridgehead atoms. The maximum atomic E-state index is 12.9. The number of carbonyl (C=O) groups is 1. The summed E-state index contributed by atoms with van der Waals surface area (Å²) in [6.07, 6.45) is 0.617. The van der Waals surface area contributed by atoms with Crippen LogP contribution < -0.4 is 16.7 Å². The van der Waals surface area contributed by atoms with E-state index in [2.05, 4.69) is 16.5 Å². The molecule has 0 saturated carbocycles. The number of benzene rings is 2. The van der Waals surface area contributed by atoms with Crippen molar-refractivity contribution in [1.29, 1.82) is 0 Å². The first-order valence-electron chi connectivity index (χ1n) is 10.2. The van der Waals surface area contributed by atoms with Crippen molar-refractivity contribution in [2.24, 2.45) is 5.73 Å². The molecule has 2 aromatic carbocycles. The minimum Gasteiger partial charge on any atom is -0.327 e. The third-order valence-corrected chi connectivity index (χ3v) is 5.57. The van der Waals surface area contributed by atoms with Crippen LogP contribution in [0.1, 0.15) is 23.1 Å². The molecule has 1 aliphatic rings. The normalized spacial score (nSPS) is 12.9. The molecule has 4 rings (SSSR count). The molecule has 9 heteroatoms. The van der Waals surface area contributed by atoms with E-state index in [4.69, 9.17) is 5.73 Å². The fourth-order valence-corrected chi connectivity index (χ4v) is 3.87. The highest BCUT2D eigenvalue weighted by atomic mass is 19.3. The molecule has 1 amide bonds. The minimum absolute atomic E-state index is 0.0321. The van der Waals surface area contributed by atoms with Crippen molar-refractivity contribution in [3.05, 3.63) is 81.6 Å². The van der Waals surface area contributed by atoms with Gasteiger partial charge in [-0.1, -0.05) is 18.2 Å². The molecule has 0 fully saturated rings. The predicted molar refractivity (Wildman–Crippen MR) is 117 cm³/mol. The van der Waals surface area contributed by atoms with Crippen LogP contribution in [-0.2, 0) is 24.3 Å². The molecule has 3 aromatic rings. The molecule has 32 heavy (non-hydrogen) atoms. The van der Waals surface area contributed by atoms with Gasteiger partial charge in [-0.3, -0.25) is 9.36 Å². The van der Waals surface area contributed by atoms with E-state index in [0.717, 1.165) is 38.2 Å². The summed E-state index contributed by atoms with van der Waals surface area (Å²) < 4.78 is 28.1. The number of halogens is 2. The highest BCUT2D eigenvalue weighted by Gasteiger charge is 2.18. The number of nitrogens with two attached hydrogens (primary N) is 1. The first kappa shape index (κ1) is 21.6. The zero-order chi connectivity index (χ0) is 22.8. The van der Waals surface area contributed by atoms with Crippen LogP contribution in [-0.4, -0.2) is 26.8 Å². The van der Waals surface area contributed by atoms with E-state index in [1.807, 2.05) is 37.3 Å². The Morgan fingerprint density at radius 1 is 1.16 bits per heavy atom. The van der Waals surface area contributed by atoms with Crippen LogP contribution >= 0.6 is 0 Å². The van der Waals surface area contributed by atoms with Gasteiger partial charge >= 0.3 is 5.69 Å². The molecule has 0 spiro atoms. The molecule has 3 N–H and O–H groups in total. The summed E-state index contributed by atoms with van der Waals surface area (Å²) in [5, 5.41) is 6.88. The SMILES string of the molecule is Cc1cc(-c2cccc(Cn3cnn(CC(CN)=C(F)F)c3=O)c2)cc2c1NC(=O)CC2. The Labute approximate surface area is 183 Å². The van der Waals surface area contributed by atoms with Gasteiger partial charge in [0.05, 0.1) is 13.1 Å². The molecule has 0 saturated heterocycles. The Bertz CT molecular complexity index is 1270. The highest BCUT2D eigenvalue weighted by Crippen LogP contribution is 2.32. The zero-order valence-electron chi connectivity index (χ0n) is 17.6. The summed E-state index contributed by atoms with van der Waals surface area (Å²) in [4.78, 5) is 24.3. The van der Waals surface area contributed by atoms with Gasteiger partial charge < -0.3 is 11.1 Å². The Hall–Kier alpha value is -3.59. The molecule has 1 aromatic heterocycles. The van der Waals surface area contributed by atoms with Crippen molar-refractivity contribution >= 4 is 11.6 Å². The number of carbonyl (C=O) groups excluding carboxylic acids is 1. The molecule has 0 atom stereocenters. The second kappa shape index (κ2) is 8.88. The van der Waals surface area contributed by atoms with Crippen LogP contribution in [0.4, 0.5) is 14.5 Å². The Morgan fingerprint density at radius 3 is 2.72 bits per heavy atom. The smallest absolute Gasteiger partial charge is 0.327 e.